The summed E-state index contributed by atoms with van der Waals surface area (Å²) in [6.07, 6.45) is -4.93. The molecule has 1 atom stereocenters. The van der Waals surface area contributed by atoms with Gasteiger partial charge in [-0.3, -0.25) is 9.36 Å². The molecule has 3 aromatic carbocycles. The van der Waals surface area contributed by atoms with E-state index in [1.54, 1.807) is 29.1 Å². The molecule has 10 nitrogen and oxygen atoms in total. The number of rotatable bonds is 7. The highest BCUT2D eigenvalue weighted by atomic mass is 19.4. The van der Waals surface area contributed by atoms with Crippen molar-refractivity contribution < 1.29 is 46.1 Å². The monoisotopic (exact) mass is 678 g/mol. The minimum absolute atomic E-state index is 0.126. The molecule has 48 heavy (non-hydrogen) atoms. The number of carboxylic acid groups (broad SMARTS) is 2. The summed E-state index contributed by atoms with van der Waals surface area (Å²) in [5.74, 6) is -5.39. The van der Waals surface area contributed by atoms with Gasteiger partial charge in [0.25, 0.3) is 5.56 Å². The van der Waals surface area contributed by atoms with Gasteiger partial charge in [0.15, 0.2) is 0 Å². The van der Waals surface area contributed by atoms with Gasteiger partial charge in [-0.1, -0.05) is 60.7 Å². The van der Waals surface area contributed by atoms with Crippen molar-refractivity contribution in [3.05, 3.63) is 130 Å². The average Bonchev–Trinajstić information content (AvgIpc) is 3.43. The number of alkyl halides is 6. The first kappa shape index (κ1) is 36.8. The number of hydrogen-bond acceptors (Lipinski definition) is 5. The number of aromatic nitrogens is 4. The molecule has 0 saturated carbocycles. The molecule has 0 saturated heterocycles. The number of hydrogen-bond donors (Lipinski definition) is 2. The van der Waals surface area contributed by atoms with Gasteiger partial charge in [-0.15, -0.1) is 0 Å². The summed E-state index contributed by atoms with van der Waals surface area (Å²) in [5, 5.41) is 14.8. The van der Waals surface area contributed by atoms with E-state index in [0.717, 1.165) is 18.5 Å². The number of fused-ring (bicyclic) bond motifs is 1. The number of halogens is 6. The SMILES string of the molecule is Cn1cncc1CC(Cc1ccccc1)Cn1c(=O)n(-c2ccccc2)c(=O)c2ccccc21.O=C(O)C(F)(F)F.O=C(O)C(F)(F)F. The summed E-state index contributed by atoms with van der Waals surface area (Å²) in [6.45, 7) is 0.479. The van der Waals surface area contributed by atoms with Crippen molar-refractivity contribution in [2.45, 2.75) is 31.7 Å². The summed E-state index contributed by atoms with van der Waals surface area (Å²) >= 11 is 0. The Labute approximate surface area is 267 Å². The van der Waals surface area contributed by atoms with Gasteiger partial charge in [0, 0.05) is 25.5 Å². The Hall–Kier alpha value is -5.67. The van der Waals surface area contributed by atoms with Crippen LogP contribution < -0.4 is 11.2 Å². The number of carboxylic acids is 2. The van der Waals surface area contributed by atoms with Crippen LogP contribution in [0.2, 0.25) is 0 Å². The average molecular weight is 679 g/mol. The first-order chi connectivity index (χ1) is 22.5. The lowest BCUT2D eigenvalue weighted by molar-refractivity contribution is -0.193. The Morgan fingerprint density at radius 2 is 1.27 bits per heavy atom. The molecule has 0 fully saturated rings. The Bertz CT molecular complexity index is 1930. The summed E-state index contributed by atoms with van der Waals surface area (Å²) in [6, 6.07) is 26.8. The van der Waals surface area contributed by atoms with Crippen LogP contribution in [0.3, 0.4) is 0 Å². The predicted molar refractivity (Wildman–Crippen MR) is 162 cm³/mol. The van der Waals surface area contributed by atoms with Crippen LogP contribution in [0.4, 0.5) is 26.3 Å². The van der Waals surface area contributed by atoms with Crippen LogP contribution in [0.1, 0.15) is 11.3 Å². The third-order valence-corrected chi connectivity index (χ3v) is 6.77. The highest BCUT2D eigenvalue weighted by Crippen LogP contribution is 2.19. The maximum atomic E-state index is 13.8. The molecule has 0 aliphatic heterocycles. The zero-order valence-corrected chi connectivity index (χ0v) is 25.0. The molecule has 5 rings (SSSR count). The van der Waals surface area contributed by atoms with Gasteiger partial charge in [-0.2, -0.15) is 26.3 Å². The van der Waals surface area contributed by atoms with E-state index < -0.39 is 24.3 Å². The summed E-state index contributed by atoms with van der Waals surface area (Å²) in [7, 11) is 1.99. The van der Waals surface area contributed by atoms with E-state index in [2.05, 4.69) is 17.1 Å². The number of para-hydroxylation sites is 2. The topological polar surface area (TPSA) is 136 Å². The highest BCUT2D eigenvalue weighted by molar-refractivity contribution is 5.78. The molecule has 0 spiro atoms. The van der Waals surface area contributed by atoms with Crippen molar-refractivity contribution in [3.63, 3.8) is 0 Å². The zero-order valence-electron chi connectivity index (χ0n) is 25.0. The van der Waals surface area contributed by atoms with Crippen LogP contribution in [0.5, 0.6) is 0 Å². The molecule has 0 bridgehead atoms. The number of carbonyl (C=O) groups is 2. The third-order valence-electron chi connectivity index (χ3n) is 6.77. The number of imidazole rings is 1. The summed E-state index contributed by atoms with van der Waals surface area (Å²) in [4.78, 5) is 49.1. The standard InChI is InChI=1S/C28H26N4O2.2C2HF3O2/c1-30-20-29-18-24(30)17-22(16-21-10-4-2-5-11-21)19-31-26-15-9-8-14-25(26)27(33)32(28(31)34)23-12-6-3-7-13-23;2*3-2(4,5)1(6)7/h2-15,18,20,22H,16-17,19H2,1H3;2*(H,6,7). The van der Waals surface area contributed by atoms with Crippen molar-refractivity contribution in [1.82, 2.24) is 18.7 Å². The van der Waals surface area contributed by atoms with Crippen molar-refractivity contribution in [2.24, 2.45) is 13.0 Å². The minimum Gasteiger partial charge on any atom is -0.475 e. The van der Waals surface area contributed by atoms with Gasteiger partial charge in [0.1, 0.15) is 0 Å². The minimum atomic E-state index is -5.08. The van der Waals surface area contributed by atoms with E-state index in [1.165, 1.54) is 10.1 Å². The van der Waals surface area contributed by atoms with E-state index in [4.69, 9.17) is 19.8 Å². The smallest absolute Gasteiger partial charge is 0.475 e. The molecule has 0 aliphatic rings. The number of aryl methyl sites for hydroxylation is 1. The lowest BCUT2D eigenvalue weighted by atomic mass is 9.94. The second-order valence-corrected chi connectivity index (χ2v) is 10.2. The molecule has 16 heteroatoms. The van der Waals surface area contributed by atoms with E-state index in [1.807, 2.05) is 72.4 Å². The fourth-order valence-corrected chi connectivity index (χ4v) is 4.59. The quantitative estimate of drug-likeness (QED) is 0.224. The Kier molecular flexibility index (Phi) is 12.1. The van der Waals surface area contributed by atoms with Crippen LogP contribution in [-0.2, 0) is 36.0 Å². The van der Waals surface area contributed by atoms with Crippen molar-refractivity contribution in [2.75, 3.05) is 0 Å². The molecule has 2 heterocycles. The fourth-order valence-electron chi connectivity index (χ4n) is 4.59. The van der Waals surface area contributed by atoms with E-state index in [-0.39, 0.29) is 17.2 Å². The molecule has 254 valence electrons. The van der Waals surface area contributed by atoms with Crippen LogP contribution in [0, 0.1) is 5.92 Å². The number of benzene rings is 3. The van der Waals surface area contributed by atoms with Crippen LogP contribution in [-0.4, -0.2) is 53.2 Å². The Morgan fingerprint density at radius 1 is 0.771 bits per heavy atom. The Morgan fingerprint density at radius 3 is 1.77 bits per heavy atom. The zero-order chi connectivity index (χ0) is 35.6. The van der Waals surface area contributed by atoms with Crippen LogP contribution in [0.15, 0.2) is 107 Å². The molecule has 2 aromatic heterocycles. The molecule has 0 amide bonds. The maximum Gasteiger partial charge on any atom is 0.490 e. The lowest BCUT2D eigenvalue weighted by Crippen LogP contribution is -2.40. The first-order valence-corrected chi connectivity index (χ1v) is 13.9. The molecular formula is C32H28F6N4O6. The van der Waals surface area contributed by atoms with Crippen LogP contribution in [0.25, 0.3) is 16.6 Å². The molecule has 0 radical (unpaired) electrons. The number of nitrogens with zero attached hydrogens (tertiary/aromatic N) is 4. The van der Waals surface area contributed by atoms with E-state index in [0.29, 0.717) is 23.1 Å². The third kappa shape index (κ3) is 9.91. The fraction of sp³-hybridized carbons (Fsp3) is 0.219. The lowest BCUT2D eigenvalue weighted by Gasteiger charge is -2.21. The van der Waals surface area contributed by atoms with Crippen molar-refractivity contribution >= 4 is 22.8 Å². The normalized spacial score (nSPS) is 11.9. The van der Waals surface area contributed by atoms with Crippen molar-refractivity contribution in [1.29, 1.82) is 0 Å². The molecule has 2 N–H and O–H groups in total. The van der Waals surface area contributed by atoms with Crippen LogP contribution >= 0.6 is 0 Å². The second kappa shape index (κ2) is 15.8. The molecule has 5 aromatic rings. The molecule has 1 unspecified atom stereocenters. The summed E-state index contributed by atoms with van der Waals surface area (Å²) < 4.78 is 68.5. The van der Waals surface area contributed by atoms with E-state index in [9.17, 15) is 35.9 Å². The van der Waals surface area contributed by atoms with Crippen molar-refractivity contribution in [3.8, 4) is 5.69 Å². The van der Waals surface area contributed by atoms with Gasteiger partial charge >= 0.3 is 30.0 Å². The van der Waals surface area contributed by atoms with Gasteiger partial charge < -0.3 is 14.8 Å². The Balaban J connectivity index is 0.000000376. The highest BCUT2D eigenvalue weighted by Gasteiger charge is 2.38. The van der Waals surface area contributed by atoms with Gasteiger partial charge in [0.2, 0.25) is 0 Å². The maximum absolute atomic E-state index is 13.8. The first-order valence-electron chi connectivity index (χ1n) is 13.9. The molecular weight excluding hydrogens is 650 g/mol. The van der Waals surface area contributed by atoms with Gasteiger partial charge in [0.05, 0.1) is 22.9 Å². The largest absolute Gasteiger partial charge is 0.490 e. The second-order valence-electron chi connectivity index (χ2n) is 10.2. The van der Waals surface area contributed by atoms with Gasteiger partial charge in [-0.25, -0.2) is 23.9 Å². The van der Waals surface area contributed by atoms with Gasteiger partial charge in [-0.05, 0) is 48.6 Å². The summed E-state index contributed by atoms with van der Waals surface area (Å²) in [5.41, 5.74) is 2.93. The predicted octanol–water partition coefficient (Wildman–Crippen LogP) is 5.25. The number of aliphatic carboxylic acids is 2. The molecule has 0 aliphatic carbocycles. The van der Waals surface area contributed by atoms with E-state index >= 15 is 0 Å².